The normalized spacial score (nSPS) is 10.2. The highest BCUT2D eigenvalue weighted by Crippen LogP contribution is 2.08. The van der Waals surface area contributed by atoms with E-state index >= 15 is 0 Å². The molecule has 1 aromatic heterocycles. The van der Waals surface area contributed by atoms with Crippen LogP contribution in [0.2, 0.25) is 0 Å². The number of rotatable bonds is 3. The minimum absolute atomic E-state index is 0.00678. The summed E-state index contributed by atoms with van der Waals surface area (Å²) in [5.41, 5.74) is 1.57. The Labute approximate surface area is 91.3 Å². The highest BCUT2D eigenvalue weighted by atomic mass is 16.4. The fourth-order valence-electron chi connectivity index (χ4n) is 1.34. The molecule has 0 aliphatic heterocycles. The molecule has 5 heteroatoms. The summed E-state index contributed by atoms with van der Waals surface area (Å²) in [6.45, 7) is 0. The van der Waals surface area contributed by atoms with Crippen LogP contribution in [0.1, 0.15) is 5.69 Å². The van der Waals surface area contributed by atoms with Crippen molar-refractivity contribution in [1.29, 1.82) is 5.41 Å². The van der Waals surface area contributed by atoms with Crippen molar-refractivity contribution in [2.45, 2.75) is 6.42 Å². The van der Waals surface area contributed by atoms with Gasteiger partial charge in [0, 0.05) is 12.6 Å². The van der Waals surface area contributed by atoms with E-state index in [9.17, 15) is 4.79 Å². The number of carbonyl (C=O) groups is 1. The molecule has 0 radical (unpaired) electrons. The molecule has 0 spiro atoms. The van der Waals surface area contributed by atoms with E-state index in [1.54, 1.807) is 6.07 Å². The molecule has 0 saturated carbocycles. The molecule has 1 heterocycles. The molecule has 0 amide bonds. The van der Waals surface area contributed by atoms with Gasteiger partial charge in [0.25, 0.3) is 0 Å². The van der Waals surface area contributed by atoms with Gasteiger partial charge in [-0.15, -0.1) is 0 Å². The van der Waals surface area contributed by atoms with Crippen LogP contribution in [0.3, 0.4) is 0 Å². The maximum atomic E-state index is 10.5. The van der Waals surface area contributed by atoms with E-state index in [1.807, 2.05) is 18.2 Å². The maximum Gasteiger partial charge on any atom is 0.349 e. The second-order valence-electron chi connectivity index (χ2n) is 3.31. The van der Waals surface area contributed by atoms with Crippen LogP contribution in [0, 0.1) is 5.41 Å². The zero-order chi connectivity index (χ0) is 11.5. The molecular weight excluding hydrogens is 206 g/mol. The predicted octanol–water partition coefficient (Wildman–Crippen LogP) is 1.28. The van der Waals surface area contributed by atoms with Gasteiger partial charge in [0.15, 0.2) is 0 Å². The van der Waals surface area contributed by atoms with Crippen LogP contribution in [0.15, 0.2) is 30.5 Å². The van der Waals surface area contributed by atoms with Crippen molar-refractivity contribution in [3.8, 4) is 0 Å². The molecule has 0 aliphatic rings. The molecule has 5 nitrogen and oxygen atoms in total. The van der Waals surface area contributed by atoms with Crippen LogP contribution < -0.4 is 0 Å². The lowest BCUT2D eigenvalue weighted by molar-refractivity contribution is -0.129. The van der Waals surface area contributed by atoms with Crippen molar-refractivity contribution in [2.75, 3.05) is 0 Å². The molecule has 80 valence electrons. The zero-order valence-corrected chi connectivity index (χ0v) is 8.34. The molecule has 0 unspecified atom stereocenters. The zero-order valence-electron chi connectivity index (χ0n) is 8.34. The highest BCUT2D eigenvalue weighted by molar-refractivity contribution is 6.34. The van der Waals surface area contributed by atoms with Gasteiger partial charge in [0.1, 0.15) is 5.71 Å². The molecular formula is C11H9N3O2. The molecule has 0 aliphatic carbocycles. The van der Waals surface area contributed by atoms with Crippen molar-refractivity contribution in [3.05, 3.63) is 36.2 Å². The number of hydrogen-bond acceptors (Lipinski definition) is 4. The van der Waals surface area contributed by atoms with Gasteiger partial charge >= 0.3 is 5.97 Å². The largest absolute Gasteiger partial charge is 0.477 e. The molecule has 0 atom stereocenters. The Morgan fingerprint density at radius 1 is 1.31 bits per heavy atom. The first-order chi connectivity index (χ1) is 7.66. The van der Waals surface area contributed by atoms with E-state index in [0.29, 0.717) is 11.2 Å². The third-order valence-electron chi connectivity index (χ3n) is 2.11. The Morgan fingerprint density at radius 3 is 2.69 bits per heavy atom. The van der Waals surface area contributed by atoms with Crippen LogP contribution in [0.25, 0.3) is 11.0 Å². The summed E-state index contributed by atoms with van der Waals surface area (Å²) in [4.78, 5) is 18.9. The van der Waals surface area contributed by atoms with Crippen molar-refractivity contribution in [2.24, 2.45) is 0 Å². The average molecular weight is 215 g/mol. The number of benzene rings is 1. The summed E-state index contributed by atoms with van der Waals surface area (Å²) in [6.07, 6.45) is 1.49. The minimum atomic E-state index is -1.23. The predicted molar refractivity (Wildman–Crippen MR) is 58.6 cm³/mol. The summed E-state index contributed by atoms with van der Waals surface area (Å²) in [6, 6.07) is 7.32. The Hall–Kier alpha value is -2.30. The quantitative estimate of drug-likeness (QED) is 0.755. The van der Waals surface area contributed by atoms with Gasteiger partial charge in [-0.1, -0.05) is 12.1 Å². The number of nitrogens with zero attached hydrogens (tertiary/aromatic N) is 2. The first-order valence-corrected chi connectivity index (χ1v) is 4.68. The third kappa shape index (κ3) is 2.03. The Balaban J connectivity index is 2.33. The molecule has 0 saturated heterocycles. The van der Waals surface area contributed by atoms with E-state index in [0.717, 1.165) is 5.52 Å². The second kappa shape index (κ2) is 4.06. The molecule has 0 fully saturated rings. The van der Waals surface area contributed by atoms with Crippen LogP contribution >= 0.6 is 0 Å². The van der Waals surface area contributed by atoms with Crippen molar-refractivity contribution >= 4 is 22.7 Å². The number of nitrogens with one attached hydrogen (secondary N) is 1. The number of carboxylic acids is 1. The monoisotopic (exact) mass is 215 g/mol. The Bertz CT molecular complexity index is 566. The molecule has 2 N–H and O–H groups in total. The lowest BCUT2D eigenvalue weighted by Gasteiger charge is -2.00. The summed E-state index contributed by atoms with van der Waals surface area (Å²) >= 11 is 0. The van der Waals surface area contributed by atoms with Crippen LogP contribution in [0.5, 0.6) is 0 Å². The fourth-order valence-corrected chi connectivity index (χ4v) is 1.34. The van der Waals surface area contributed by atoms with Gasteiger partial charge in [-0.05, 0) is 12.1 Å². The highest BCUT2D eigenvalue weighted by Gasteiger charge is 2.09. The second-order valence-corrected chi connectivity index (χ2v) is 3.31. The van der Waals surface area contributed by atoms with Crippen molar-refractivity contribution < 1.29 is 9.90 Å². The first kappa shape index (κ1) is 10.2. The Kier molecular flexibility index (Phi) is 2.59. The Morgan fingerprint density at radius 2 is 2.00 bits per heavy atom. The van der Waals surface area contributed by atoms with Crippen LogP contribution in [-0.4, -0.2) is 26.8 Å². The molecule has 2 rings (SSSR count). The fraction of sp³-hybridized carbons (Fsp3) is 0.0909. The van der Waals surface area contributed by atoms with Crippen LogP contribution in [0.4, 0.5) is 0 Å². The van der Waals surface area contributed by atoms with Gasteiger partial charge in [0.05, 0.1) is 16.7 Å². The smallest absolute Gasteiger partial charge is 0.349 e. The van der Waals surface area contributed by atoms with E-state index in [2.05, 4.69) is 9.97 Å². The number of hydrogen-bond donors (Lipinski definition) is 2. The third-order valence-corrected chi connectivity index (χ3v) is 2.11. The van der Waals surface area contributed by atoms with E-state index in [-0.39, 0.29) is 12.1 Å². The number of aromatic nitrogens is 2. The van der Waals surface area contributed by atoms with Gasteiger partial charge in [-0.2, -0.15) is 0 Å². The number of carboxylic acid groups (broad SMARTS) is 1. The van der Waals surface area contributed by atoms with Gasteiger partial charge < -0.3 is 5.11 Å². The standard InChI is InChI=1S/C11H9N3O2/c12-8(11(15)16)5-7-6-13-9-3-1-2-4-10(9)14-7/h1-4,6,12H,5H2,(H,15,16). The van der Waals surface area contributed by atoms with Crippen LogP contribution in [-0.2, 0) is 11.2 Å². The average Bonchev–Trinajstić information content (AvgIpc) is 2.28. The summed E-state index contributed by atoms with van der Waals surface area (Å²) in [5, 5.41) is 15.8. The molecule has 1 aromatic carbocycles. The van der Waals surface area contributed by atoms with Gasteiger partial charge in [-0.25, -0.2) is 9.78 Å². The van der Waals surface area contributed by atoms with Gasteiger partial charge in [0.2, 0.25) is 0 Å². The molecule has 16 heavy (non-hydrogen) atoms. The summed E-state index contributed by atoms with van der Waals surface area (Å²) in [7, 11) is 0. The number of para-hydroxylation sites is 2. The first-order valence-electron chi connectivity index (χ1n) is 4.68. The maximum absolute atomic E-state index is 10.5. The van der Waals surface area contributed by atoms with Gasteiger partial charge in [-0.3, -0.25) is 10.4 Å². The lowest BCUT2D eigenvalue weighted by Crippen LogP contribution is -2.15. The van der Waals surface area contributed by atoms with Crippen molar-refractivity contribution in [3.63, 3.8) is 0 Å². The molecule has 0 bridgehead atoms. The number of aliphatic carboxylic acids is 1. The molecule has 2 aromatic rings. The topological polar surface area (TPSA) is 86.9 Å². The van der Waals surface area contributed by atoms with E-state index < -0.39 is 5.97 Å². The summed E-state index contributed by atoms with van der Waals surface area (Å²) in [5.74, 6) is -1.23. The summed E-state index contributed by atoms with van der Waals surface area (Å²) < 4.78 is 0. The SMILES string of the molecule is N=C(Cc1cnc2ccccc2n1)C(=O)O. The minimum Gasteiger partial charge on any atom is -0.477 e. The van der Waals surface area contributed by atoms with E-state index in [1.165, 1.54) is 6.20 Å². The number of fused-ring (bicyclic) bond motifs is 1. The van der Waals surface area contributed by atoms with E-state index in [4.69, 9.17) is 10.5 Å². The van der Waals surface area contributed by atoms with Crippen molar-refractivity contribution in [1.82, 2.24) is 9.97 Å². The lowest BCUT2D eigenvalue weighted by atomic mass is 10.2.